The third-order valence-corrected chi connectivity index (χ3v) is 3.28. The lowest BCUT2D eigenvalue weighted by atomic mass is 10.0. The van der Waals surface area contributed by atoms with Crippen molar-refractivity contribution in [1.82, 2.24) is 29.5 Å². The Morgan fingerprint density at radius 3 is 1.70 bits per heavy atom. The Bertz CT molecular complexity index is 605. The smallest absolute Gasteiger partial charge is 0.172 e. The van der Waals surface area contributed by atoms with Crippen molar-refractivity contribution in [2.24, 2.45) is 0 Å². The molecule has 1 aromatic carbocycles. The van der Waals surface area contributed by atoms with Crippen molar-refractivity contribution in [1.29, 1.82) is 0 Å². The lowest BCUT2D eigenvalue weighted by Gasteiger charge is -2.18. The Labute approximate surface area is 117 Å². The molecule has 3 rings (SSSR count). The molecule has 0 saturated heterocycles. The number of nitrogens with zero attached hydrogens (tertiary/aromatic N) is 6. The van der Waals surface area contributed by atoms with E-state index >= 15 is 0 Å². The van der Waals surface area contributed by atoms with E-state index in [0.717, 1.165) is 5.56 Å². The van der Waals surface area contributed by atoms with E-state index in [9.17, 15) is 0 Å². The van der Waals surface area contributed by atoms with E-state index < -0.39 is 0 Å². The molecule has 0 saturated carbocycles. The van der Waals surface area contributed by atoms with Crippen LogP contribution in [-0.2, 0) is 0 Å². The van der Waals surface area contributed by atoms with Crippen molar-refractivity contribution in [3.8, 4) is 0 Å². The van der Waals surface area contributed by atoms with Gasteiger partial charge in [0.1, 0.15) is 25.3 Å². The normalized spacial score (nSPS) is 11.4. The molecule has 2 heterocycles. The maximum absolute atomic E-state index is 4.22. The summed E-state index contributed by atoms with van der Waals surface area (Å²) in [5.41, 5.74) is 2.40. The first kappa shape index (κ1) is 12.5. The first-order chi connectivity index (χ1) is 9.75. The highest BCUT2D eigenvalue weighted by atomic mass is 15.5. The largest absolute Gasteiger partial charge is 0.224 e. The average molecular weight is 268 g/mol. The topological polar surface area (TPSA) is 61.4 Å². The summed E-state index contributed by atoms with van der Waals surface area (Å²) in [5, 5.41) is 8.45. The molecule has 20 heavy (non-hydrogen) atoms. The van der Waals surface area contributed by atoms with E-state index in [1.54, 1.807) is 22.0 Å². The van der Waals surface area contributed by atoms with Crippen LogP contribution in [0.5, 0.6) is 0 Å². The maximum atomic E-state index is 4.22. The minimum atomic E-state index is -0.166. The zero-order valence-corrected chi connectivity index (χ0v) is 11.5. The second kappa shape index (κ2) is 5.24. The van der Waals surface area contributed by atoms with E-state index in [4.69, 9.17) is 0 Å². The van der Waals surface area contributed by atoms with Crippen molar-refractivity contribution in [2.75, 3.05) is 0 Å². The van der Waals surface area contributed by atoms with Crippen LogP contribution in [0.25, 0.3) is 0 Å². The minimum Gasteiger partial charge on any atom is -0.224 e. The number of benzene rings is 1. The van der Waals surface area contributed by atoms with Crippen LogP contribution in [0.2, 0.25) is 0 Å². The third-order valence-electron chi connectivity index (χ3n) is 3.28. The summed E-state index contributed by atoms with van der Waals surface area (Å²) >= 11 is 0. The Hall–Kier alpha value is -2.50. The van der Waals surface area contributed by atoms with Gasteiger partial charge in [-0.3, -0.25) is 0 Å². The highest BCUT2D eigenvalue weighted by molar-refractivity contribution is 5.27. The Kier molecular flexibility index (Phi) is 3.28. The van der Waals surface area contributed by atoms with Gasteiger partial charge in [0, 0.05) is 0 Å². The van der Waals surface area contributed by atoms with Gasteiger partial charge >= 0.3 is 0 Å². The van der Waals surface area contributed by atoms with Gasteiger partial charge in [0.25, 0.3) is 0 Å². The maximum Gasteiger partial charge on any atom is 0.172 e. The summed E-state index contributed by atoms with van der Waals surface area (Å²) in [7, 11) is 0. The summed E-state index contributed by atoms with van der Waals surface area (Å²) in [6.07, 6.45) is 6.24. The fourth-order valence-corrected chi connectivity index (χ4v) is 2.17. The molecule has 0 aliphatic carbocycles. The molecule has 3 aromatic rings. The van der Waals surface area contributed by atoms with Crippen molar-refractivity contribution in [2.45, 2.75) is 25.9 Å². The Balaban J connectivity index is 2.02. The lowest BCUT2D eigenvalue weighted by molar-refractivity contribution is 0.416. The molecule has 0 N–H and O–H groups in total. The van der Waals surface area contributed by atoms with E-state index in [-0.39, 0.29) is 6.17 Å². The monoisotopic (exact) mass is 268 g/mol. The number of rotatable bonds is 4. The molecule has 0 spiro atoms. The molecule has 0 fully saturated rings. The van der Waals surface area contributed by atoms with E-state index in [1.807, 2.05) is 0 Å². The standard InChI is InChI=1S/C14H16N6/c1-11(2)12-3-5-13(6-4-12)14(19-9-15-7-17-19)20-10-16-8-18-20/h3-11,14H,1-2H3. The Morgan fingerprint density at radius 1 is 0.800 bits per heavy atom. The Morgan fingerprint density at radius 2 is 1.30 bits per heavy atom. The molecule has 0 radical (unpaired) electrons. The number of hydrogen-bond donors (Lipinski definition) is 0. The third kappa shape index (κ3) is 2.32. The summed E-state index contributed by atoms with van der Waals surface area (Å²) in [6, 6.07) is 8.48. The van der Waals surface area contributed by atoms with Gasteiger partial charge in [-0.15, -0.1) is 0 Å². The highest BCUT2D eigenvalue weighted by Gasteiger charge is 2.17. The summed E-state index contributed by atoms with van der Waals surface area (Å²) in [5.74, 6) is 0.514. The molecular formula is C14H16N6. The van der Waals surface area contributed by atoms with Crippen molar-refractivity contribution >= 4 is 0 Å². The van der Waals surface area contributed by atoms with E-state index in [2.05, 4.69) is 58.3 Å². The van der Waals surface area contributed by atoms with Gasteiger partial charge in [0.15, 0.2) is 6.17 Å². The minimum absolute atomic E-state index is 0.166. The molecule has 0 bridgehead atoms. The lowest BCUT2D eigenvalue weighted by Crippen LogP contribution is -2.20. The molecule has 2 aromatic heterocycles. The second-order valence-electron chi connectivity index (χ2n) is 4.95. The quantitative estimate of drug-likeness (QED) is 0.727. The van der Waals surface area contributed by atoms with Gasteiger partial charge in [0.05, 0.1) is 0 Å². The predicted octanol–water partition coefficient (Wildman–Crippen LogP) is 2.09. The highest BCUT2D eigenvalue weighted by Crippen LogP contribution is 2.21. The summed E-state index contributed by atoms with van der Waals surface area (Å²) in [4.78, 5) is 8.03. The number of aromatic nitrogens is 6. The van der Waals surface area contributed by atoms with Crippen molar-refractivity contribution < 1.29 is 0 Å². The predicted molar refractivity (Wildman–Crippen MR) is 74.1 cm³/mol. The zero-order chi connectivity index (χ0) is 13.9. The first-order valence-corrected chi connectivity index (χ1v) is 6.54. The van der Waals surface area contributed by atoms with Crippen LogP contribution in [-0.4, -0.2) is 29.5 Å². The zero-order valence-electron chi connectivity index (χ0n) is 11.5. The van der Waals surface area contributed by atoms with Gasteiger partial charge in [0.2, 0.25) is 0 Å². The second-order valence-corrected chi connectivity index (χ2v) is 4.95. The summed E-state index contributed by atoms with van der Waals surface area (Å²) < 4.78 is 3.53. The van der Waals surface area contributed by atoms with Crippen LogP contribution in [0.15, 0.2) is 49.6 Å². The van der Waals surface area contributed by atoms with E-state index in [0.29, 0.717) is 5.92 Å². The molecule has 6 nitrogen and oxygen atoms in total. The number of hydrogen-bond acceptors (Lipinski definition) is 4. The van der Waals surface area contributed by atoms with Crippen LogP contribution in [0.1, 0.15) is 37.1 Å². The van der Waals surface area contributed by atoms with Crippen molar-refractivity contribution in [3.05, 3.63) is 60.7 Å². The summed E-state index contributed by atoms with van der Waals surface area (Å²) in [6.45, 7) is 4.36. The van der Waals surface area contributed by atoms with Crippen LogP contribution in [0.4, 0.5) is 0 Å². The fourth-order valence-electron chi connectivity index (χ4n) is 2.17. The van der Waals surface area contributed by atoms with Crippen LogP contribution >= 0.6 is 0 Å². The van der Waals surface area contributed by atoms with Gasteiger partial charge in [-0.1, -0.05) is 38.1 Å². The molecule has 0 amide bonds. The first-order valence-electron chi connectivity index (χ1n) is 6.54. The fraction of sp³-hybridized carbons (Fsp3) is 0.286. The molecule has 0 aliphatic heterocycles. The molecule has 6 heteroatoms. The molecular weight excluding hydrogens is 252 g/mol. The molecule has 102 valence electrons. The molecule has 0 aliphatic rings. The van der Waals surface area contributed by atoms with Crippen LogP contribution < -0.4 is 0 Å². The van der Waals surface area contributed by atoms with Gasteiger partial charge in [-0.25, -0.2) is 19.3 Å². The van der Waals surface area contributed by atoms with Crippen molar-refractivity contribution in [3.63, 3.8) is 0 Å². The van der Waals surface area contributed by atoms with Crippen LogP contribution in [0.3, 0.4) is 0 Å². The van der Waals surface area contributed by atoms with Crippen LogP contribution in [0, 0.1) is 0 Å². The van der Waals surface area contributed by atoms with E-state index in [1.165, 1.54) is 18.2 Å². The van der Waals surface area contributed by atoms with Gasteiger partial charge in [-0.05, 0) is 17.0 Å². The van der Waals surface area contributed by atoms with Gasteiger partial charge < -0.3 is 0 Å². The molecule has 0 unspecified atom stereocenters. The van der Waals surface area contributed by atoms with Gasteiger partial charge in [-0.2, -0.15) is 10.2 Å². The SMILES string of the molecule is CC(C)c1ccc(C(n2cncn2)n2cncn2)cc1. The molecule has 0 atom stereocenters. The average Bonchev–Trinajstić information content (AvgIpc) is 3.13.